The predicted molar refractivity (Wildman–Crippen MR) is 105 cm³/mol. The number of nitrogens with two attached hydrogens (primary N) is 1. The highest BCUT2D eigenvalue weighted by molar-refractivity contribution is 6.33. The van der Waals surface area contributed by atoms with Crippen LogP contribution in [0.3, 0.4) is 0 Å². The second kappa shape index (κ2) is 6.38. The molecule has 0 unspecified atom stereocenters. The molecule has 5 rings (SSSR count). The van der Waals surface area contributed by atoms with Crippen molar-refractivity contribution in [3.05, 3.63) is 22.5 Å². The lowest BCUT2D eigenvalue weighted by molar-refractivity contribution is 0.286. The first kappa shape index (κ1) is 16.8. The van der Waals surface area contributed by atoms with Gasteiger partial charge in [0.25, 0.3) is 0 Å². The van der Waals surface area contributed by atoms with Crippen LogP contribution in [0.15, 0.2) is 6.20 Å². The zero-order chi connectivity index (χ0) is 17.7. The molecule has 2 aromatic heterocycles. The quantitative estimate of drug-likeness (QED) is 0.827. The Morgan fingerprint density at radius 2 is 1.88 bits per heavy atom. The van der Waals surface area contributed by atoms with Gasteiger partial charge in [-0.2, -0.15) is 9.61 Å². The van der Waals surface area contributed by atoms with E-state index >= 15 is 0 Å². The van der Waals surface area contributed by atoms with Crippen LogP contribution in [0.4, 0.5) is 5.82 Å². The SMILES string of the molecule is NC1CCC(Nc2c3c(nc4c(Cl)cnn24)C2(CCCCC2)CC3)CC1. The minimum Gasteiger partial charge on any atom is -0.367 e. The van der Waals surface area contributed by atoms with Crippen molar-refractivity contribution in [1.29, 1.82) is 0 Å². The van der Waals surface area contributed by atoms with Crippen molar-refractivity contribution in [1.82, 2.24) is 14.6 Å². The summed E-state index contributed by atoms with van der Waals surface area (Å²) in [5, 5.41) is 9.02. The molecule has 2 fully saturated rings. The van der Waals surface area contributed by atoms with Gasteiger partial charge in [0, 0.05) is 23.1 Å². The maximum atomic E-state index is 6.45. The standard InChI is InChI=1S/C20H28ClN5/c21-16-12-23-26-18(24-14-6-4-13(22)5-7-14)15-8-11-20(9-2-1-3-10-20)17(15)25-19(16)26/h12-14,24H,1-11,22H2. The molecule has 26 heavy (non-hydrogen) atoms. The normalized spacial score (nSPS) is 27.8. The molecule has 0 bridgehead atoms. The molecule has 5 nitrogen and oxygen atoms in total. The van der Waals surface area contributed by atoms with E-state index in [1.54, 1.807) is 6.20 Å². The van der Waals surface area contributed by atoms with Gasteiger partial charge in [-0.1, -0.05) is 30.9 Å². The number of hydrogen-bond acceptors (Lipinski definition) is 4. The number of fused-ring (bicyclic) bond motifs is 3. The van der Waals surface area contributed by atoms with Crippen molar-refractivity contribution in [3.63, 3.8) is 0 Å². The lowest BCUT2D eigenvalue weighted by Gasteiger charge is -2.34. The smallest absolute Gasteiger partial charge is 0.176 e. The highest BCUT2D eigenvalue weighted by Gasteiger charge is 2.43. The summed E-state index contributed by atoms with van der Waals surface area (Å²) in [4.78, 5) is 5.07. The van der Waals surface area contributed by atoms with Crippen LogP contribution in [-0.4, -0.2) is 26.7 Å². The minimum atomic E-state index is 0.272. The van der Waals surface area contributed by atoms with Crippen LogP contribution in [-0.2, 0) is 11.8 Å². The van der Waals surface area contributed by atoms with Gasteiger partial charge in [-0.05, 0) is 51.4 Å². The van der Waals surface area contributed by atoms with Gasteiger partial charge >= 0.3 is 0 Å². The second-order valence-electron chi connectivity index (χ2n) is 8.61. The Morgan fingerprint density at radius 3 is 2.65 bits per heavy atom. The van der Waals surface area contributed by atoms with E-state index in [0.717, 1.165) is 43.6 Å². The van der Waals surface area contributed by atoms with E-state index in [1.165, 1.54) is 49.8 Å². The van der Waals surface area contributed by atoms with Crippen molar-refractivity contribution in [2.24, 2.45) is 5.73 Å². The molecule has 140 valence electrons. The summed E-state index contributed by atoms with van der Waals surface area (Å²) in [5.74, 6) is 1.14. The van der Waals surface area contributed by atoms with Gasteiger partial charge < -0.3 is 11.1 Å². The average Bonchev–Trinajstić information content (AvgIpc) is 3.20. The summed E-state index contributed by atoms with van der Waals surface area (Å²) in [6.45, 7) is 0. The van der Waals surface area contributed by atoms with Gasteiger partial charge in [-0.25, -0.2) is 4.98 Å². The Morgan fingerprint density at radius 1 is 1.12 bits per heavy atom. The summed E-state index contributed by atoms with van der Waals surface area (Å²) in [5.41, 5.74) is 9.87. The molecule has 0 aliphatic heterocycles. The van der Waals surface area contributed by atoms with E-state index in [1.807, 2.05) is 4.52 Å². The lowest BCUT2D eigenvalue weighted by Crippen LogP contribution is -2.34. The predicted octanol–water partition coefficient (Wildman–Crippen LogP) is 4.21. The van der Waals surface area contributed by atoms with Crippen molar-refractivity contribution < 1.29 is 0 Å². The summed E-state index contributed by atoms with van der Waals surface area (Å²) in [7, 11) is 0. The molecule has 2 aromatic rings. The first-order chi connectivity index (χ1) is 12.7. The molecule has 0 radical (unpaired) electrons. The number of nitrogens with zero attached hydrogens (tertiary/aromatic N) is 3. The fourth-order valence-corrected chi connectivity index (χ4v) is 5.64. The molecule has 1 spiro atoms. The fourth-order valence-electron chi connectivity index (χ4n) is 5.48. The first-order valence-electron chi connectivity index (χ1n) is 10.2. The van der Waals surface area contributed by atoms with Gasteiger partial charge in [0.2, 0.25) is 0 Å². The monoisotopic (exact) mass is 373 g/mol. The number of hydrogen-bond donors (Lipinski definition) is 2. The van der Waals surface area contributed by atoms with Crippen molar-refractivity contribution in [3.8, 4) is 0 Å². The molecular weight excluding hydrogens is 346 g/mol. The number of halogens is 1. The highest BCUT2D eigenvalue weighted by atomic mass is 35.5. The molecule has 0 saturated heterocycles. The Hall–Kier alpha value is -1.33. The molecule has 0 amide bonds. The average molecular weight is 374 g/mol. The van der Waals surface area contributed by atoms with Crippen molar-refractivity contribution in [2.75, 3.05) is 5.32 Å². The van der Waals surface area contributed by atoms with Crippen LogP contribution in [0.25, 0.3) is 5.65 Å². The molecule has 0 atom stereocenters. The van der Waals surface area contributed by atoms with Crippen LogP contribution in [0.2, 0.25) is 5.02 Å². The van der Waals surface area contributed by atoms with Crippen LogP contribution >= 0.6 is 11.6 Å². The topological polar surface area (TPSA) is 68.2 Å². The molecule has 3 N–H and O–H groups in total. The maximum absolute atomic E-state index is 6.45. The molecule has 0 aromatic carbocycles. The number of rotatable bonds is 2. The summed E-state index contributed by atoms with van der Waals surface area (Å²) >= 11 is 6.45. The van der Waals surface area contributed by atoms with Crippen LogP contribution < -0.4 is 11.1 Å². The van der Waals surface area contributed by atoms with E-state index in [-0.39, 0.29) is 5.41 Å². The first-order valence-corrected chi connectivity index (χ1v) is 10.6. The van der Waals surface area contributed by atoms with E-state index in [4.69, 9.17) is 22.3 Å². The summed E-state index contributed by atoms with van der Waals surface area (Å²) < 4.78 is 1.94. The third-order valence-corrected chi connectivity index (χ3v) is 7.25. The third kappa shape index (κ3) is 2.63. The fraction of sp³-hybridized carbons (Fsp3) is 0.700. The zero-order valence-corrected chi connectivity index (χ0v) is 16.1. The molecule has 2 heterocycles. The Labute approximate surface area is 159 Å². The van der Waals surface area contributed by atoms with E-state index < -0.39 is 0 Å². The third-order valence-electron chi connectivity index (χ3n) is 6.98. The molecule has 6 heteroatoms. The molecule has 2 saturated carbocycles. The molecule has 3 aliphatic carbocycles. The van der Waals surface area contributed by atoms with Crippen molar-refractivity contribution >= 4 is 23.1 Å². The molecular formula is C20H28ClN5. The van der Waals surface area contributed by atoms with Crippen LogP contribution in [0.1, 0.15) is 75.5 Å². The minimum absolute atomic E-state index is 0.272. The Bertz CT molecular complexity index is 815. The largest absolute Gasteiger partial charge is 0.367 e. The number of nitrogens with one attached hydrogen (secondary N) is 1. The van der Waals surface area contributed by atoms with Crippen molar-refractivity contribution in [2.45, 2.75) is 88.1 Å². The highest BCUT2D eigenvalue weighted by Crippen LogP contribution is 2.50. The van der Waals surface area contributed by atoms with Gasteiger partial charge in [-0.15, -0.1) is 0 Å². The van der Waals surface area contributed by atoms with E-state index in [9.17, 15) is 0 Å². The number of anilines is 1. The Kier molecular flexibility index (Phi) is 4.13. The number of aromatic nitrogens is 3. The second-order valence-corrected chi connectivity index (χ2v) is 9.02. The van der Waals surface area contributed by atoms with Crippen LogP contribution in [0, 0.1) is 0 Å². The zero-order valence-electron chi connectivity index (χ0n) is 15.3. The Balaban J connectivity index is 1.58. The van der Waals surface area contributed by atoms with Crippen LogP contribution in [0.5, 0.6) is 0 Å². The summed E-state index contributed by atoms with van der Waals surface area (Å²) in [6, 6.07) is 0.830. The van der Waals surface area contributed by atoms with Gasteiger partial charge in [0.15, 0.2) is 5.65 Å². The van der Waals surface area contributed by atoms with Gasteiger partial charge in [-0.3, -0.25) is 0 Å². The van der Waals surface area contributed by atoms with Gasteiger partial charge in [0.1, 0.15) is 10.8 Å². The van der Waals surface area contributed by atoms with E-state index in [0.29, 0.717) is 17.1 Å². The van der Waals surface area contributed by atoms with Gasteiger partial charge in [0.05, 0.1) is 11.9 Å². The maximum Gasteiger partial charge on any atom is 0.176 e. The lowest BCUT2D eigenvalue weighted by atomic mass is 9.72. The molecule has 3 aliphatic rings. The van der Waals surface area contributed by atoms with E-state index in [2.05, 4.69) is 10.4 Å². The summed E-state index contributed by atoms with van der Waals surface area (Å²) in [6.07, 6.45) is 15.0.